The number of aromatic hydroxyl groups is 1. The van der Waals surface area contributed by atoms with E-state index in [1.54, 1.807) is 13.2 Å². The summed E-state index contributed by atoms with van der Waals surface area (Å²) in [6.07, 6.45) is 1.25. The normalized spacial score (nSPS) is 8.66. The van der Waals surface area contributed by atoms with Crippen LogP contribution in [0.2, 0.25) is 0 Å². The maximum absolute atomic E-state index is 9.51. The zero-order chi connectivity index (χ0) is 25.1. The van der Waals surface area contributed by atoms with E-state index in [4.69, 9.17) is 9.53 Å². The number of nitrogens with two attached hydrogens (primary N) is 1. The highest BCUT2D eigenvalue weighted by atomic mass is 16.5. The molecular formula is C27H42N2O3. The van der Waals surface area contributed by atoms with Crippen molar-refractivity contribution in [3.63, 3.8) is 0 Å². The number of rotatable bonds is 3. The number of carbonyl (C=O) groups excluding carboxylic acids is 1. The van der Waals surface area contributed by atoms with Gasteiger partial charge in [-0.2, -0.15) is 0 Å². The lowest BCUT2D eigenvalue weighted by atomic mass is 10.0. The molecule has 3 rings (SSSR count). The van der Waals surface area contributed by atoms with Crippen LogP contribution >= 0.6 is 0 Å². The van der Waals surface area contributed by atoms with Crippen LogP contribution in [0.15, 0.2) is 54.6 Å². The summed E-state index contributed by atoms with van der Waals surface area (Å²) in [5, 5.41) is 9.51. The fourth-order valence-electron chi connectivity index (χ4n) is 2.81. The predicted molar refractivity (Wildman–Crippen MR) is 137 cm³/mol. The number of carbonyl (C=O) groups is 1. The monoisotopic (exact) mass is 442 g/mol. The molecule has 0 radical (unpaired) electrons. The van der Waals surface area contributed by atoms with Gasteiger partial charge in [0.05, 0.1) is 7.11 Å². The summed E-state index contributed by atoms with van der Waals surface area (Å²) in [4.78, 5) is 8.58. The first kappa shape index (κ1) is 31.0. The molecule has 3 N–H and O–H groups in total. The van der Waals surface area contributed by atoms with Crippen LogP contribution in [0.1, 0.15) is 51.6 Å². The number of hydrogen-bond donors (Lipinski definition) is 2. The van der Waals surface area contributed by atoms with Crippen molar-refractivity contribution in [3.8, 4) is 22.6 Å². The van der Waals surface area contributed by atoms with E-state index in [2.05, 4.69) is 44.2 Å². The Hall–Kier alpha value is -3.21. The van der Waals surface area contributed by atoms with Crippen LogP contribution in [-0.4, -0.2) is 23.2 Å². The van der Waals surface area contributed by atoms with Gasteiger partial charge < -0.3 is 20.1 Å². The van der Waals surface area contributed by atoms with Crippen LogP contribution < -0.4 is 10.5 Å². The Balaban J connectivity index is 0. The van der Waals surface area contributed by atoms with Crippen molar-refractivity contribution in [3.05, 3.63) is 71.5 Å². The predicted octanol–water partition coefficient (Wildman–Crippen LogP) is 6.43. The molecule has 0 unspecified atom stereocenters. The number of phenols is 1. The number of amides is 1. The summed E-state index contributed by atoms with van der Waals surface area (Å²) in [5.74, 6) is 1.24. The molecule has 0 saturated heterocycles. The Morgan fingerprint density at radius 1 is 1.00 bits per heavy atom. The molecule has 0 saturated carbocycles. The van der Waals surface area contributed by atoms with Gasteiger partial charge in [0.2, 0.25) is 6.41 Å². The van der Waals surface area contributed by atoms with E-state index in [1.807, 2.05) is 70.2 Å². The zero-order valence-corrected chi connectivity index (χ0v) is 21.3. The molecule has 0 aliphatic carbocycles. The van der Waals surface area contributed by atoms with Crippen molar-refractivity contribution >= 4 is 6.41 Å². The van der Waals surface area contributed by atoms with Crippen molar-refractivity contribution in [1.29, 1.82) is 0 Å². The highest BCUT2D eigenvalue weighted by molar-refractivity contribution is 5.68. The molecule has 0 aliphatic rings. The van der Waals surface area contributed by atoms with Crippen molar-refractivity contribution < 1.29 is 14.6 Å². The maximum Gasteiger partial charge on any atom is 0.204 e. The van der Waals surface area contributed by atoms with Gasteiger partial charge in [-0.1, -0.05) is 64.4 Å². The molecule has 1 amide bonds. The first-order valence-electron chi connectivity index (χ1n) is 11.1. The number of aromatic nitrogens is 1. The van der Waals surface area contributed by atoms with Gasteiger partial charge in [-0.3, -0.25) is 4.79 Å². The van der Waals surface area contributed by atoms with Crippen LogP contribution in [0.4, 0.5) is 0 Å². The van der Waals surface area contributed by atoms with Gasteiger partial charge in [0, 0.05) is 24.0 Å². The topological polar surface area (TPSA) is 77.5 Å². The largest absolute Gasteiger partial charge is 0.508 e. The van der Waals surface area contributed by atoms with Gasteiger partial charge in [-0.25, -0.2) is 0 Å². The average Bonchev–Trinajstić information content (AvgIpc) is 3.11. The molecule has 178 valence electrons. The number of primary amides is 1. The molecule has 0 bridgehead atoms. The van der Waals surface area contributed by atoms with E-state index >= 15 is 0 Å². The highest BCUT2D eigenvalue weighted by Crippen LogP contribution is 2.29. The zero-order valence-electron chi connectivity index (χ0n) is 21.3. The molecule has 1 heterocycles. The Bertz CT molecular complexity index is 869. The molecule has 0 aliphatic heterocycles. The molecule has 32 heavy (non-hydrogen) atoms. The Kier molecular flexibility index (Phi) is 18.0. The first-order valence-corrected chi connectivity index (χ1v) is 11.1. The van der Waals surface area contributed by atoms with Crippen molar-refractivity contribution in [2.45, 2.75) is 54.9 Å². The summed E-state index contributed by atoms with van der Waals surface area (Å²) in [6, 6.07) is 17.6. The fourth-order valence-corrected chi connectivity index (χ4v) is 2.81. The van der Waals surface area contributed by atoms with E-state index < -0.39 is 0 Å². The van der Waals surface area contributed by atoms with E-state index in [0.29, 0.717) is 5.75 Å². The first-order chi connectivity index (χ1) is 15.4. The third-order valence-corrected chi connectivity index (χ3v) is 4.35. The van der Waals surface area contributed by atoms with E-state index in [9.17, 15) is 5.11 Å². The number of phenolic OH excluding ortho intramolecular Hbond substituents is 1. The number of benzene rings is 2. The lowest BCUT2D eigenvalue weighted by Gasteiger charge is -2.06. The number of nitrogens with zero attached hydrogens (tertiary/aromatic N) is 1. The molecule has 0 atom stereocenters. The highest BCUT2D eigenvalue weighted by Gasteiger charge is 2.10. The van der Waals surface area contributed by atoms with Gasteiger partial charge in [0.25, 0.3) is 0 Å². The van der Waals surface area contributed by atoms with E-state index in [-0.39, 0.29) is 6.41 Å². The van der Waals surface area contributed by atoms with Crippen LogP contribution in [0.25, 0.3) is 11.1 Å². The second kappa shape index (κ2) is 18.6. The minimum absolute atomic E-state index is 0.250. The van der Waals surface area contributed by atoms with Crippen LogP contribution in [0.3, 0.4) is 0 Å². The summed E-state index contributed by atoms with van der Waals surface area (Å²) in [6.45, 7) is 14.3. The number of ether oxygens (including phenoxy) is 1. The molecule has 0 spiro atoms. The standard InChI is InChI=1S/C14H17NO.C8H10O.2C2H6.CH3NO/c1-4-14-13(8-10(2)15(14)3)11-6-5-7-12(16)9-11;1-7-3-5-8(9-2)6-4-7;2*1-2;2-1-3/h5-9,16H,4H2,1-3H3;3-6H,1-2H3;2*1-2H3;1H,(H2,2,3). The SMILES string of the molecule is CC.CC.CCc1c(-c2cccc(O)c2)cc(C)n1C.COc1ccc(C)cc1.NC=O. The minimum atomic E-state index is 0.250. The van der Waals surface area contributed by atoms with Gasteiger partial charge in [-0.05, 0) is 56.2 Å². The fraction of sp³-hybridized carbons (Fsp3) is 0.370. The maximum atomic E-state index is 9.51. The molecule has 5 heteroatoms. The van der Waals surface area contributed by atoms with Crippen molar-refractivity contribution in [2.24, 2.45) is 12.8 Å². The third kappa shape index (κ3) is 10.7. The summed E-state index contributed by atoms with van der Waals surface area (Å²) >= 11 is 0. The lowest BCUT2D eigenvalue weighted by Crippen LogP contribution is -1.97. The Morgan fingerprint density at radius 3 is 1.97 bits per heavy atom. The van der Waals surface area contributed by atoms with Gasteiger partial charge in [0.1, 0.15) is 11.5 Å². The van der Waals surface area contributed by atoms with Gasteiger partial charge >= 0.3 is 0 Å². The smallest absolute Gasteiger partial charge is 0.204 e. The van der Waals surface area contributed by atoms with Crippen LogP contribution in [0, 0.1) is 13.8 Å². The van der Waals surface area contributed by atoms with E-state index in [1.165, 1.54) is 22.5 Å². The third-order valence-electron chi connectivity index (χ3n) is 4.35. The van der Waals surface area contributed by atoms with Crippen LogP contribution in [0.5, 0.6) is 11.5 Å². The molecule has 2 aromatic carbocycles. The molecule has 0 fully saturated rings. The molecule has 5 nitrogen and oxygen atoms in total. The minimum Gasteiger partial charge on any atom is -0.508 e. The van der Waals surface area contributed by atoms with Crippen molar-refractivity contribution in [1.82, 2.24) is 4.57 Å². The van der Waals surface area contributed by atoms with Crippen molar-refractivity contribution in [2.75, 3.05) is 7.11 Å². The lowest BCUT2D eigenvalue weighted by molar-refractivity contribution is -0.106. The average molecular weight is 443 g/mol. The summed E-state index contributed by atoms with van der Waals surface area (Å²) in [5.41, 5.74) is 10.3. The summed E-state index contributed by atoms with van der Waals surface area (Å²) < 4.78 is 7.18. The number of methoxy groups -OCH3 is 1. The van der Waals surface area contributed by atoms with E-state index in [0.717, 1.165) is 17.7 Å². The molecular weight excluding hydrogens is 400 g/mol. The quantitative estimate of drug-likeness (QED) is 0.459. The second-order valence-corrected chi connectivity index (χ2v) is 6.26. The number of hydrogen-bond acceptors (Lipinski definition) is 3. The van der Waals surface area contributed by atoms with Gasteiger partial charge in [-0.15, -0.1) is 0 Å². The second-order valence-electron chi connectivity index (χ2n) is 6.26. The van der Waals surface area contributed by atoms with Gasteiger partial charge in [0.15, 0.2) is 0 Å². The Morgan fingerprint density at radius 2 is 1.53 bits per heavy atom. The molecule has 3 aromatic rings. The summed E-state index contributed by atoms with van der Waals surface area (Å²) in [7, 11) is 3.76. The molecule has 1 aromatic heterocycles. The van der Waals surface area contributed by atoms with Crippen LogP contribution in [-0.2, 0) is 18.3 Å². The number of aryl methyl sites for hydroxylation is 2. The Labute approximate surface area is 194 Å².